The summed E-state index contributed by atoms with van der Waals surface area (Å²) in [6, 6.07) is 6.30. The predicted molar refractivity (Wildman–Crippen MR) is 98.1 cm³/mol. The Balaban J connectivity index is 1.83. The molecule has 9 heteroatoms. The van der Waals surface area contributed by atoms with Crippen LogP contribution in [0, 0.1) is 5.82 Å². The summed E-state index contributed by atoms with van der Waals surface area (Å²) in [4.78, 5) is 16.2. The Morgan fingerprint density at radius 2 is 1.77 bits per heavy atom. The van der Waals surface area contributed by atoms with Gasteiger partial charge < -0.3 is 14.5 Å². The Kier molecular flexibility index (Phi) is 7.36. The van der Waals surface area contributed by atoms with Gasteiger partial charge in [0.05, 0.1) is 12.9 Å². The number of sulfonamides is 1. The van der Waals surface area contributed by atoms with E-state index in [0.717, 1.165) is 11.9 Å². The van der Waals surface area contributed by atoms with Crippen molar-refractivity contribution in [1.29, 1.82) is 0 Å². The molecule has 1 aliphatic heterocycles. The largest absolute Gasteiger partial charge is 0.383 e. The Labute approximate surface area is 154 Å². The normalized spacial score (nSPS) is 15.5. The Bertz CT molecular complexity index is 688. The lowest BCUT2D eigenvalue weighted by Gasteiger charge is -2.36. The number of hydrogen-bond acceptors (Lipinski definition) is 5. The molecule has 1 fully saturated rings. The Morgan fingerprint density at radius 3 is 2.31 bits per heavy atom. The van der Waals surface area contributed by atoms with Crippen molar-refractivity contribution in [2.75, 3.05) is 64.1 Å². The molecule has 7 nitrogen and oxygen atoms in total. The number of rotatable bonds is 8. The molecule has 1 amide bonds. The van der Waals surface area contributed by atoms with E-state index in [1.54, 1.807) is 17.0 Å². The molecule has 0 saturated carbocycles. The third kappa shape index (κ3) is 5.93. The first-order chi connectivity index (χ1) is 12.3. The molecule has 0 N–H and O–H groups in total. The van der Waals surface area contributed by atoms with Crippen molar-refractivity contribution in [3.8, 4) is 0 Å². The van der Waals surface area contributed by atoms with Crippen LogP contribution in [0.3, 0.4) is 0 Å². The second kappa shape index (κ2) is 9.29. The van der Waals surface area contributed by atoms with Gasteiger partial charge in [0.25, 0.3) is 0 Å². The number of halogens is 1. The highest BCUT2D eigenvalue weighted by molar-refractivity contribution is 7.88. The lowest BCUT2D eigenvalue weighted by molar-refractivity contribution is -0.131. The van der Waals surface area contributed by atoms with Gasteiger partial charge in [-0.3, -0.25) is 4.79 Å². The van der Waals surface area contributed by atoms with Gasteiger partial charge in [-0.15, -0.1) is 0 Å². The smallest absolute Gasteiger partial charge is 0.224 e. The number of piperazine rings is 1. The predicted octanol–water partition coefficient (Wildman–Crippen LogP) is 0.772. The molecule has 0 bridgehead atoms. The van der Waals surface area contributed by atoms with E-state index in [1.807, 2.05) is 0 Å². The number of methoxy groups -OCH3 is 1. The quantitative estimate of drug-likeness (QED) is 0.659. The fourth-order valence-corrected chi connectivity index (χ4v) is 3.71. The average Bonchev–Trinajstić information content (AvgIpc) is 2.61. The molecule has 2 rings (SSSR count). The van der Waals surface area contributed by atoms with Crippen molar-refractivity contribution in [3.63, 3.8) is 0 Å². The van der Waals surface area contributed by atoms with E-state index in [4.69, 9.17) is 4.74 Å². The zero-order valence-corrected chi connectivity index (χ0v) is 16.0. The molecule has 0 aliphatic carbocycles. The van der Waals surface area contributed by atoms with E-state index >= 15 is 0 Å². The molecule has 1 heterocycles. The maximum atomic E-state index is 13.0. The van der Waals surface area contributed by atoms with E-state index in [9.17, 15) is 17.6 Å². The molecule has 1 saturated heterocycles. The minimum absolute atomic E-state index is 0.0603. The summed E-state index contributed by atoms with van der Waals surface area (Å²) in [5.74, 6) is -0.332. The summed E-state index contributed by atoms with van der Waals surface area (Å²) >= 11 is 0. The van der Waals surface area contributed by atoms with E-state index in [-0.39, 0.29) is 37.8 Å². The van der Waals surface area contributed by atoms with Gasteiger partial charge >= 0.3 is 0 Å². The van der Waals surface area contributed by atoms with Crippen molar-refractivity contribution in [3.05, 3.63) is 30.1 Å². The van der Waals surface area contributed by atoms with Crippen LogP contribution in [0.5, 0.6) is 0 Å². The van der Waals surface area contributed by atoms with Crippen molar-refractivity contribution in [1.82, 2.24) is 9.21 Å². The van der Waals surface area contributed by atoms with Crippen LogP contribution in [0.1, 0.15) is 6.42 Å². The first-order valence-corrected chi connectivity index (χ1v) is 10.4. The van der Waals surface area contributed by atoms with E-state index in [1.165, 1.54) is 23.5 Å². The maximum absolute atomic E-state index is 13.0. The molecule has 146 valence electrons. The Morgan fingerprint density at radius 1 is 1.15 bits per heavy atom. The molecule has 1 aliphatic rings. The third-order valence-electron chi connectivity index (χ3n) is 4.41. The fourth-order valence-electron chi connectivity index (χ4n) is 2.88. The summed E-state index contributed by atoms with van der Waals surface area (Å²) in [5.41, 5.74) is 0.932. The van der Waals surface area contributed by atoms with Crippen molar-refractivity contribution >= 4 is 21.6 Å². The first kappa shape index (κ1) is 20.6. The van der Waals surface area contributed by atoms with Crippen LogP contribution in [0.4, 0.5) is 10.1 Å². The number of nitrogens with zero attached hydrogens (tertiary/aromatic N) is 3. The van der Waals surface area contributed by atoms with Gasteiger partial charge in [0.2, 0.25) is 15.9 Å². The SMILES string of the molecule is COCCN(CCC(=O)N1CCN(c2ccc(F)cc2)CC1)S(C)(=O)=O. The summed E-state index contributed by atoms with van der Waals surface area (Å²) < 4.78 is 42.7. The highest BCUT2D eigenvalue weighted by Gasteiger charge is 2.23. The molecule has 0 aromatic heterocycles. The second-order valence-corrected chi connectivity index (χ2v) is 8.23. The lowest BCUT2D eigenvalue weighted by Crippen LogP contribution is -2.49. The minimum atomic E-state index is -3.37. The van der Waals surface area contributed by atoms with Gasteiger partial charge in [0.1, 0.15) is 5.82 Å². The van der Waals surface area contributed by atoms with Gasteiger partial charge in [0, 0.05) is 58.5 Å². The number of carbonyl (C=O) groups is 1. The van der Waals surface area contributed by atoms with Gasteiger partial charge in [-0.1, -0.05) is 0 Å². The van der Waals surface area contributed by atoms with Crippen molar-refractivity contribution < 1.29 is 22.3 Å². The number of anilines is 1. The molecule has 1 aromatic rings. The summed E-state index contributed by atoms with van der Waals surface area (Å²) in [7, 11) is -1.86. The lowest BCUT2D eigenvalue weighted by atomic mass is 10.2. The third-order valence-corrected chi connectivity index (χ3v) is 5.72. The number of benzene rings is 1. The standard InChI is InChI=1S/C17H26FN3O4S/c1-25-14-13-21(26(2,23)24)8-7-17(22)20-11-9-19(10-12-20)16-5-3-15(18)4-6-16/h3-6H,7-14H2,1-2H3. The van der Waals surface area contributed by atoms with Crippen LogP contribution in [-0.2, 0) is 19.6 Å². The zero-order valence-electron chi connectivity index (χ0n) is 15.2. The molecule has 26 heavy (non-hydrogen) atoms. The molecular weight excluding hydrogens is 361 g/mol. The molecular formula is C17H26FN3O4S. The van der Waals surface area contributed by atoms with Gasteiger partial charge in [0.15, 0.2) is 0 Å². The fraction of sp³-hybridized carbons (Fsp3) is 0.588. The van der Waals surface area contributed by atoms with Crippen molar-refractivity contribution in [2.45, 2.75) is 6.42 Å². The van der Waals surface area contributed by atoms with Crippen molar-refractivity contribution in [2.24, 2.45) is 0 Å². The van der Waals surface area contributed by atoms with Crippen LogP contribution >= 0.6 is 0 Å². The number of carbonyl (C=O) groups excluding carboxylic acids is 1. The molecule has 0 unspecified atom stereocenters. The van der Waals surface area contributed by atoms with E-state index < -0.39 is 10.0 Å². The van der Waals surface area contributed by atoms with Gasteiger partial charge in [-0.05, 0) is 24.3 Å². The first-order valence-electron chi connectivity index (χ1n) is 8.53. The summed E-state index contributed by atoms with van der Waals surface area (Å²) in [6.45, 7) is 3.13. The Hall–Kier alpha value is -1.71. The van der Waals surface area contributed by atoms with E-state index in [2.05, 4.69) is 4.90 Å². The van der Waals surface area contributed by atoms with E-state index in [0.29, 0.717) is 26.2 Å². The minimum Gasteiger partial charge on any atom is -0.383 e. The number of amides is 1. The van der Waals surface area contributed by atoms with Gasteiger partial charge in [-0.2, -0.15) is 4.31 Å². The number of ether oxygens (including phenoxy) is 1. The monoisotopic (exact) mass is 387 g/mol. The van der Waals surface area contributed by atoms with Crippen LogP contribution in [0.15, 0.2) is 24.3 Å². The zero-order chi connectivity index (χ0) is 19.2. The molecule has 0 spiro atoms. The molecule has 0 radical (unpaired) electrons. The maximum Gasteiger partial charge on any atom is 0.224 e. The van der Waals surface area contributed by atoms with Crippen LogP contribution in [0.25, 0.3) is 0 Å². The highest BCUT2D eigenvalue weighted by atomic mass is 32.2. The van der Waals surface area contributed by atoms with Crippen LogP contribution in [-0.4, -0.2) is 82.8 Å². The van der Waals surface area contributed by atoms with Crippen LogP contribution in [0.2, 0.25) is 0 Å². The summed E-state index contributed by atoms with van der Waals surface area (Å²) in [6.07, 6.45) is 1.28. The topological polar surface area (TPSA) is 70.2 Å². The molecule has 0 atom stereocenters. The molecule has 1 aromatic carbocycles. The van der Waals surface area contributed by atoms with Gasteiger partial charge in [-0.25, -0.2) is 12.8 Å². The summed E-state index contributed by atoms with van der Waals surface area (Å²) in [5, 5.41) is 0. The van der Waals surface area contributed by atoms with Crippen LogP contribution < -0.4 is 4.90 Å². The number of hydrogen-bond donors (Lipinski definition) is 0. The second-order valence-electron chi connectivity index (χ2n) is 6.25. The average molecular weight is 387 g/mol. The highest BCUT2D eigenvalue weighted by Crippen LogP contribution is 2.17.